The number of ketones is 1. The first-order chi connectivity index (χ1) is 21.3. The van der Waals surface area contributed by atoms with Gasteiger partial charge in [-0.2, -0.15) is 0 Å². The highest BCUT2D eigenvalue weighted by Crippen LogP contribution is 2.66. The highest BCUT2D eigenvalue weighted by atomic mass is 16.2. The summed E-state index contributed by atoms with van der Waals surface area (Å²) in [5, 5.41) is 11.5. The predicted molar refractivity (Wildman–Crippen MR) is 167 cm³/mol. The number of amides is 5. The van der Waals surface area contributed by atoms with Crippen LogP contribution in [0.25, 0.3) is 0 Å². The van der Waals surface area contributed by atoms with Gasteiger partial charge in [-0.3, -0.25) is 28.8 Å². The summed E-state index contributed by atoms with van der Waals surface area (Å²) >= 11 is 0. The lowest BCUT2D eigenvalue weighted by molar-refractivity contribution is -0.155. The quantitative estimate of drug-likeness (QED) is 0.230. The molecule has 0 aromatic carbocycles. The fourth-order valence-corrected chi connectivity index (χ4v) is 7.79. The zero-order valence-electron chi connectivity index (χ0n) is 27.5. The Morgan fingerprint density at radius 3 is 2.16 bits per heavy atom. The molecule has 4 atom stereocenters. The highest BCUT2D eigenvalue weighted by Gasteiger charge is 2.58. The van der Waals surface area contributed by atoms with Gasteiger partial charge in [0.05, 0.1) is 6.04 Å². The van der Waals surface area contributed by atoms with E-state index >= 15 is 0 Å². The van der Waals surface area contributed by atoms with Crippen molar-refractivity contribution in [2.24, 2.45) is 28.6 Å². The first kappa shape index (κ1) is 33.4. The van der Waals surface area contributed by atoms with Gasteiger partial charge < -0.3 is 26.2 Å². The molecule has 0 aromatic heterocycles. The molecule has 250 valence electrons. The number of Topliss-reactive ketones (excluding diaryl/α,β-unsaturated/α-hetero) is 1. The van der Waals surface area contributed by atoms with E-state index in [-0.39, 0.29) is 41.5 Å². The molecule has 6 fully saturated rings. The van der Waals surface area contributed by atoms with Crippen molar-refractivity contribution in [3.63, 3.8) is 0 Å². The largest absolute Gasteiger partial charge is 0.356 e. The minimum Gasteiger partial charge on any atom is -0.356 e. The van der Waals surface area contributed by atoms with Gasteiger partial charge in [0.2, 0.25) is 29.4 Å². The number of hydrogen-bond donors (Lipinski definition) is 4. The number of hydrogen-bond acceptors (Lipinski definition) is 6. The number of carbonyl (C=O) groups is 6. The Labute approximate surface area is 267 Å². The van der Waals surface area contributed by atoms with Crippen molar-refractivity contribution < 1.29 is 28.8 Å². The third-order valence-corrected chi connectivity index (χ3v) is 11.0. The summed E-state index contributed by atoms with van der Waals surface area (Å²) in [6.45, 7) is 6.01. The van der Waals surface area contributed by atoms with Gasteiger partial charge in [0.1, 0.15) is 12.1 Å². The third-order valence-electron chi connectivity index (χ3n) is 11.0. The SMILES string of the molecule is CN(C(=O)[C@H](NC(=O)C(C)(C)C)C1CCCCC1)[C@@H](CC12CC(C1)C2)C(=O)N[C@@H](C[C@@H]1CCCNC1=O)C(=O)C(=O)NC1CC1. The second-order valence-electron chi connectivity index (χ2n) is 15.8. The predicted octanol–water partition coefficient (Wildman–Crippen LogP) is 2.36. The highest BCUT2D eigenvalue weighted by molar-refractivity contribution is 6.38. The van der Waals surface area contributed by atoms with Crippen molar-refractivity contribution in [2.75, 3.05) is 13.6 Å². The summed E-state index contributed by atoms with van der Waals surface area (Å²) in [6.07, 6.45) is 11.2. The molecule has 2 bridgehead atoms. The number of likely N-dealkylation sites (N-methyl/N-ethyl adjacent to an activating group) is 1. The lowest BCUT2D eigenvalue weighted by Crippen LogP contribution is -2.62. The van der Waals surface area contributed by atoms with Crippen LogP contribution < -0.4 is 21.3 Å². The van der Waals surface area contributed by atoms with Crippen LogP contribution in [-0.4, -0.2) is 78.0 Å². The maximum Gasteiger partial charge on any atom is 0.289 e. The maximum atomic E-state index is 14.3. The third kappa shape index (κ3) is 7.88. The van der Waals surface area contributed by atoms with Crippen LogP contribution in [0.1, 0.15) is 111 Å². The molecule has 0 aromatic rings. The normalized spacial score (nSPS) is 28.2. The van der Waals surface area contributed by atoms with Crippen molar-refractivity contribution in [2.45, 2.75) is 135 Å². The monoisotopic (exact) mass is 627 g/mol. The molecule has 6 aliphatic rings. The van der Waals surface area contributed by atoms with E-state index in [4.69, 9.17) is 0 Å². The van der Waals surface area contributed by atoms with Crippen LogP contribution in [-0.2, 0) is 28.8 Å². The summed E-state index contributed by atoms with van der Waals surface area (Å²) < 4.78 is 0. The summed E-state index contributed by atoms with van der Waals surface area (Å²) in [4.78, 5) is 82.1. The maximum absolute atomic E-state index is 14.3. The zero-order chi connectivity index (χ0) is 32.5. The molecule has 5 aliphatic carbocycles. The van der Waals surface area contributed by atoms with Gasteiger partial charge in [0.15, 0.2) is 0 Å². The second kappa shape index (κ2) is 13.4. The topological polar surface area (TPSA) is 154 Å². The van der Waals surface area contributed by atoms with Crippen molar-refractivity contribution in [3.8, 4) is 0 Å². The number of nitrogens with one attached hydrogen (secondary N) is 4. The van der Waals surface area contributed by atoms with Gasteiger partial charge in [-0.25, -0.2) is 0 Å². The number of piperidine rings is 1. The molecule has 5 saturated carbocycles. The van der Waals surface area contributed by atoms with E-state index in [0.29, 0.717) is 25.3 Å². The van der Waals surface area contributed by atoms with E-state index in [2.05, 4.69) is 21.3 Å². The molecule has 45 heavy (non-hydrogen) atoms. The first-order valence-electron chi connectivity index (χ1n) is 17.3. The molecule has 4 N–H and O–H groups in total. The van der Waals surface area contributed by atoms with Gasteiger partial charge >= 0.3 is 0 Å². The van der Waals surface area contributed by atoms with E-state index < -0.39 is 47.1 Å². The van der Waals surface area contributed by atoms with Crippen LogP contribution in [0.2, 0.25) is 0 Å². The molecule has 6 rings (SSSR count). The van der Waals surface area contributed by atoms with E-state index in [0.717, 1.165) is 70.6 Å². The summed E-state index contributed by atoms with van der Waals surface area (Å²) in [5.41, 5.74) is -0.698. The van der Waals surface area contributed by atoms with Crippen molar-refractivity contribution in [1.29, 1.82) is 0 Å². The Morgan fingerprint density at radius 1 is 0.933 bits per heavy atom. The Balaban J connectivity index is 1.37. The second-order valence-corrected chi connectivity index (χ2v) is 15.8. The van der Waals surface area contributed by atoms with Gasteiger partial charge in [-0.1, -0.05) is 40.0 Å². The minimum absolute atomic E-state index is 0.0116. The smallest absolute Gasteiger partial charge is 0.289 e. The van der Waals surface area contributed by atoms with Gasteiger partial charge in [-0.05, 0) is 87.9 Å². The number of nitrogens with zero attached hydrogens (tertiary/aromatic N) is 1. The van der Waals surface area contributed by atoms with Crippen molar-refractivity contribution in [1.82, 2.24) is 26.2 Å². The Hall–Kier alpha value is -2.98. The van der Waals surface area contributed by atoms with Crippen LogP contribution >= 0.6 is 0 Å². The summed E-state index contributed by atoms with van der Waals surface area (Å²) in [5.74, 6) is -2.55. The number of rotatable bonds is 13. The molecule has 0 spiro atoms. The van der Waals surface area contributed by atoms with E-state index in [9.17, 15) is 28.8 Å². The van der Waals surface area contributed by atoms with E-state index in [1.54, 1.807) is 7.05 Å². The molecule has 11 nitrogen and oxygen atoms in total. The van der Waals surface area contributed by atoms with Crippen molar-refractivity contribution >= 4 is 35.3 Å². The van der Waals surface area contributed by atoms with Crippen LogP contribution in [0.15, 0.2) is 0 Å². The molecule has 1 heterocycles. The Kier molecular flexibility index (Phi) is 9.94. The molecule has 5 amide bonds. The molecular weight excluding hydrogens is 574 g/mol. The van der Waals surface area contributed by atoms with Crippen LogP contribution in [0, 0.1) is 28.6 Å². The first-order valence-corrected chi connectivity index (χ1v) is 17.3. The lowest BCUT2D eigenvalue weighted by atomic mass is 9.43. The molecule has 0 unspecified atom stereocenters. The molecular formula is C34H53N5O6. The van der Waals surface area contributed by atoms with E-state index in [1.807, 2.05) is 20.8 Å². The molecule has 0 radical (unpaired) electrons. The van der Waals surface area contributed by atoms with Gasteiger partial charge in [-0.15, -0.1) is 0 Å². The molecule has 11 heteroatoms. The number of carbonyl (C=O) groups excluding carboxylic acids is 6. The summed E-state index contributed by atoms with van der Waals surface area (Å²) in [6, 6.07) is -2.84. The zero-order valence-corrected chi connectivity index (χ0v) is 27.5. The molecule has 1 aliphatic heterocycles. The average molecular weight is 628 g/mol. The Morgan fingerprint density at radius 2 is 1.60 bits per heavy atom. The van der Waals surface area contributed by atoms with E-state index in [1.165, 1.54) is 4.90 Å². The fourth-order valence-electron chi connectivity index (χ4n) is 7.79. The van der Waals surface area contributed by atoms with Crippen LogP contribution in [0.5, 0.6) is 0 Å². The van der Waals surface area contributed by atoms with Crippen molar-refractivity contribution in [3.05, 3.63) is 0 Å². The van der Waals surface area contributed by atoms with Gasteiger partial charge in [0, 0.05) is 31.0 Å². The standard InChI is InChI=1S/C34H53N5O6/c1-33(2,3)32(45)38-26(21-9-6-5-7-10-21)31(44)39(4)25(19-34-16-20(17-34)18-34)29(42)37-24(15-22-11-8-14-35-28(22)41)27(40)30(43)36-23-12-13-23/h20-26H,5-19H2,1-4H3,(H,35,41)(H,36,43)(H,37,42)(H,38,45)/t20?,22-,24-,25-,26+,34?/m0/s1. The average Bonchev–Trinajstić information content (AvgIpc) is 3.78. The lowest BCUT2D eigenvalue weighted by Gasteiger charge is -2.63. The van der Waals surface area contributed by atoms with Gasteiger partial charge in [0.25, 0.3) is 5.91 Å². The Bertz CT molecular complexity index is 1170. The fraction of sp³-hybridized carbons (Fsp3) is 0.824. The summed E-state index contributed by atoms with van der Waals surface area (Å²) in [7, 11) is 1.63. The molecule has 1 saturated heterocycles. The minimum atomic E-state index is -1.18. The van der Waals surface area contributed by atoms with Crippen LogP contribution in [0.3, 0.4) is 0 Å². The van der Waals surface area contributed by atoms with Crippen LogP contribution in [0.4, 0.5) is 0 Å².